The fraction of sp³-hybridized carbons (Fsp3) is 0.632. The first-order valence-corrected chi connectivity index (χ1v) is 8.99. The Morgan fingerprint density at radius 2 is 1.50 bits per heavy atom. The zero-order valence-corrected chi connectivity index (χ0v) is 15.8. The molecule has 0 amide bonds. The van der Waals surface area contributed by atoms with Gasteiger partial charge in [-0.3, -0.25) is 0 Å². The normalized spacial score (nSPS) is 13.8. The number of thiocarbonyl (C=S) groups is 1. The van der Waals surface area contributed by atoms with Crippen LogP contribution in [0.15, 0.2) is 18.2 Å². The van der Waals surface area contributed by atoms with E-state index in [1.54, 1.807) is 0 Å². The van der Waals surface area contributed by atoms with Crippen LogP contribution in [0.25, 0.3) is 0 Å². The van der Waals surface area contributed by atoms with E-state index in [4.69, 9.17) is 12.2 Å². The van der Waals surface area contributed by atoms with E-state index < -0.39 is 0 Å². The third-order valence-electron chi connectivity index (χ3n) is 4.32. The highest BCUT2D eigenvalue weighted by molar-refractivity contribution is 7.80. The van der Waals surface area contributed by atoms with Crippen molar-refractivity contribution in [3.05, 3.63) is 29.3 Å². The second kappa shape index (κ2) is 9.14. The van der Waals surface area contributed by atoms with Gasteiger partial charge in [-0.25, -0.2) is 0 Å². The van der Waals surface area contributed by atoms with E-state index in [9.17, 15) is 0 Å². The summed E-state index contributed by atoms with van der Waals surface area (Å²) in [6.45, 7) is 14.3. The molecule has 1 aromatic carbocycles. The fourth-order valence-corrected chi connectivity index (χ4v) is 2.63. The fourth-order valence-electron chi connectivity index (χ4n) is 2.45. The van der Waals surface area contributed by atoms with Crippen molar-refractivity contribution in [2.24, 2.45) is 5.92 Å². The number of hydrogen-bond donors (Lipinski definition) is 2. The van der Waals surface area contributed by atoms with Gasteiger partial charge in [0, 0.05) is 12.2 Å². The van der Waals surface area contributed by atoms with Gasteiger partial charge in [0.1, 0.15) is 0 Å². The van der Waals surface area contributed by atoms with E-state index >= 15 is 0 Å². The minimum absolute atomic E-state index is 0.527. The summed E-state index contributed by atoms with van der Waals surface area (Å²) >= 11 is 5.50. The lowest BCUT2D eigenvalue weighted by atomic mass is 9.89. The predicted octanol–water partition coefficient (Wildman–Crippen LogP) is 5.66. The van der Waals surface area contributed by atoms with Crippen molar-refractivity contribution in [2.75, 3.05) is 11.9 Å². The first-order chi connectivity index (χ1) is 10.4. The molecule has 0 aromatic heterocycles. The highest BCUT2D eigenvalue weighted by atomic mass is 32.1. The van der Waals surface area contributed by atoms with Crippen LogP contribution >= 0.6 is 12.2 Å². The molecule has 2 nitrogen and oxygen atoms in total. The number of nitrogens with one attached hydrogen (secondary N) is 2. The lowest BCUT2D eigenvalue weighted by Gasteiger charge is -2.23. The first kappa shape index (κ1) is 19.0. The number of benzene rings is 1. The summed E-state index contributed by atoms with van der Waals surface area (Å²) in [7, 11) is 0. The molecule has 0 aliphatic heterocycles. The van der Waals surface area contributed by atoms with Gasteiger partial charge in [0.05, 0.1) is 0 Å². The Hall–Kier alpha value is -1.09. The summed E-state index contributed by atoms with van der Waals surface area (Å²) < 4.78 is 0. The van der Waals surface area contributed by atoms with Crippen LogP contribution in [-0.2, 0) is 0 Å². The van der Waals surface area contributed by atoms with Crippen molar-refractivity contribution >= 4 is 23.0 Å². The molecule has 1 aromatic rings. The Bertz CT molecular complexity index is 454. The smallest absolute Gasteiger partial charge is 0.170 e. The lowest BCUT2D eigenvalue weighted by Crippen LogP contribution is -2.32. The van der Waals surface area contributed by atoms with Gasteiger partial charge in [0.15, 0.2) is 5.11 Å². The van der Waals surface area contributed by atoms with Crippen LogP contribution in [0.5, 0.6) is 0 Å². The van der Waals surface area contributed by atoms with Crippen LogP contribution < -0.4 is 10.6 Å². The number of para-hydroxylation sites is 1. The Labute approximate surface area is 142 Å². The average Bonchev–Trinajstić information content (AvgIpc) is 2.51. The van der Waals surface area contributed by atoms with E-state index in [1.807, 2.05) is 0 Å². The standard InChI is InChI=1S/C19H32N2S/c1-7-14(5)16-10-9-11-17(15(6)8-2)18(16)21-19(22)20-12-13(3)4/h9-11,13-15H,7-8,12H2,1-6H3,(H2,20,21,22). The van der Waals surface area contributed by atoms with Crippen molar-refractivity contribution in [3.63, 3.8) is 0 Å². The summed E-state index contributed by atoms with van der Waals surface area (Å²) in [4.78, 5) is 0. The van der Waals surface area contributed by atoms with Crippen LogP contribution in [-0.4, -0.2) is 11.7 Å². The van der Waals surface area contributed by atoms with Gasteiger partial charge in [-0.2, -0.15) is 0 Å². The van der Waals surface area contributed by atoms with E-state index in [0.29, 0.717) is 17.8 Å². The maximum Gasteiger partial charge on any atom is 0.170 e. The average molecular weight is 321 g/mol. The van der Waals surface area contributed by atoms with Gasteiger partial charge in [-0.15, -0.1) is 0 Å². The Morgan fingerprint density at radius 3 is 1.91 bits per heavy atom. The molecule has 0 saturated carbocycles. The maximum absolute atomic E-state index is 5.50. The van der Waals surface area contributed by atoms with Gasteiger partial charge in [-0.1, -0.05) is 59.7 Å². The van der Waals surface area contributed by atoms with Crippen molar-refractivity contribution in [3.8, 4) is 0 Å². The second-order valence-electron chi connectivity index (χ2n) is 6.66. The molecular formula is C19H32N2S. The van der Waals surface area contributed by atoms with Gasteiger partial charge in [0.25, 0.3) is 0 Å². The van der Waals surface area contributed by atoms with E-state index in [1.165, 1.54) is 16.8 Å². The van der Waals surface area contributed by atoms with Gasteiger partial charge < -0.3 is 10.6 Å². The maximum atomic E-state index is 5.50. The molecule has 124 valence electrons. The third-order valence-corrected chi connectivity index (χ3v) is 4.57. The molecule has 2 unspecified atom stereocenters. The summed E-state index contributed by atoms with van der Waals surface area (Å²) in [6.07, 6.45) is 2.26. The molecule has 1 rings (SSSR count). The molecule has 22 heavy (non-hydrogen) atoms. The minimum atomic E-state index is 0.527. The number of hydrogen-bond acceptors (Lipinski definition) is 1. The van der Waals surface area contributed by atoms with Crippen molar-refractivity contribution in [2.45, 2.75) is 66.2 Å². The molecule has 2 atom stereocenters. The predicted molar refractivity (Wildman–Crippen MR) is 103 cm³/mol. The number of rotatable bonds is 7. The van der Waals surface area contributed by atoms with Gasteiger partial charge in [0.2, 0.25) is 0 Å². The summed E-state index contributed by atoms with van der Waals surface area (Å²) in [5, 5.41) is 7.54. The summed E-state index contributed by atoms with van der Waals surface area (Å²) in [6, 6.07) is 6.64. The molecule has 0 fully saturated rings. The molecule has 2 N–H and O–H groups in total. The zero-order chi connectivity index (χ0) is 16.7. The topological polar surface area (TPSA) is 24.1 Å². The molecule has 0 spiro atoms. The molecular weight excluding hydrogens is 288 g/mol. The Kier molecular flexibility index (Phi) is 7.88. The van der Waals surface area contributed by atoms with Crippen molar-refractivity contribution in [1.29, 1.82) is 0 Å². The van der Waals surface area contributed by atoms with Crippen LogP contribution in [0.3, 0.4) is 0 Å². The summed E-state index contributed by atoms with van der Waals surface area (Å²) in [5.41, 5.74) is 3.95. The van der Waals surface area contributed by atoms with Crippen molar-refractivity contribution in [1.82, 2.24) is 5.32 Å². The minimum Gasteiger partial charge on any atom is -0.362 e. The van der Waals surface area contributed by atoms with Crippen LogP contribution in [0.2, 0.25) is 0 Å². The van der Waals surface area contributed by atoms with E-state index in [-0.39, 0.29) is 0 Å². The van der Waals surface area contributed by atoms with Crippen LogP contribution in [0.1, 0.15) is 77.3 Å². The molecule has 0 aliphatic rings. The lowest BCUT2D eigenvalue weighted by molar-refractivity contribution is 0.627. The second-order valence-corrected chi connectivity index (χ2v) is 7.07. The molecule has 0 saturated heterocycles. The van der Waals surface area contributed by atoms with Crippen LogP contribution in [0, 0.1) is 5.92 Å². The quantitative estimate of drug-likeness (QED) is 0.634. The molecule has 0 aliphatic carbocycles. The van der Waals surface area contributed by atoms with E-state index in [0.717, 1.165) is 24.5 Å². The first-order valence-electron chi connectivity index (χ1n) is 8.58. The molecule has 0 radical (unpaired) electrons. The van der Waals surface area contributed by atoms with Crippen molar-refractivity contribution < 1.29 is 0 Å². The third kappa shape index (κ3) is 5.28. The Balaban J connectivity index is 3.08. The van der Waals surface area contributed by atoms with Crippen LogP contribution in [0.4, 0.5) is 5.69 Å². The molecule has 0 heterocycles. The zero-order valence-electron chi connectivity index (χ0n) is 15.0. The Morgan fingerprint density at radius 1 is 1.00 bits per heavy atom. The highest BCUT2D eigenvalue weighted by Gasteiger charge is 2.17. The van der Waals surface area contributed by atoms with E-state index in [2.05, 4.69) is 70.4 Å². The van der Waals surface area contributed by atoms with Gasteiger partial charge in [-0.05, 0) is 53.9 Å². The molecule has 0 bridgehead atoms. The number of anilines is 1. The SMILES string of the molecule is CCC(C)c1cccc(C(C)CC)c1NC(=S)NCC(C)C. The largest absolute Gasteiger partial charge is 0.362 e. The molecule has 3 heteroatoms. The monoisotopic (exact) mass is 320 g/mol. The highest BCUT2D eigenvalue weighted by Crippen LogP contribution is 2.34. The summed E-state index contributed by atoms with van der Waals surface area (Å²) in [5.74, 6) is 1.64. The van der Waals surface area contributed by atoms with Gasteiger partial charge >= 0.3 is 0 Å².